The molecule has 3 saturated carbocycles. The fourth-order valence-corrected chi connectivity index (χ4v) is 4.41. The zero-order valence-electron chi connectivity index (χ0n) is 14.6. The van der Waals surface area contributed by atoms with Crippen molar-refractivity contribution in [3.05, 3.63) is 17.2 Å². The Hall–Kier alpha value is -1.36. The summed E-state index contributed by atoms with van der Waals surface area (Å²) < 4.78 is 2.32. The van der Waals surface area contributed by atoms with E-state index in [9.17, 15) is 4.79 Å². The summed E-state index contributed by atoms with van der Waals surface area (Å²) in [6.07, 6.45) is 8.85. The number of rotatable bonds is 6. The maximum Gasteiger partial charge on any atom is 0.234 e. The first-order valence-electron chi connectivity index (χ1n) is 9.75. The molecule has 130 valence electrons. The average molecular weight is 328 g/mol. The van der Waals surface area contributed by atoms with Gasteiger partial charge in [0.05, 0.1) is 12.2 Å². The lowest BCUT2D eigenvalue weighted by Crippen LogP contribution is -2.45. The Balaban J connectivity index is 1.21. The normalized spacial score (nSPS) is 24.2. The lowest BCUT2D eigenvalue weighted by molar-refractivity contribution is -0.123. The van der Waals surface area contributed by atoms with Crippen LogP contribution in [0.15, 0.2) is 0 Å². The third-order valence-electron chi connectivity index (χ3n) is 6.27. The van der Waals surface area contributed by atoms with E-state index in [1.807, 2.05) is 0 Å². The number of carbonyl (C=O) groups is 1. The van der Waals surface area contributed by atoms with E-state index in [2.05, 4.69) is 21.8 Å². The van der Waals surface area contributed by atoms with E-state index in [-0.39, 0.29) is 5.91 Å². The minimum Gasteiger partial charge on any atom is -0.352 e. The maximum atomic E-state index is 12.5. The Morgan fingerprint density at radius 2 is 1.92 bits per heavy atom. The van der Waals surface area contributed by atoms with Crippen LogP contribution in [0.3, 0.4) is 0 Å². The van der Waals surface area contributed by atoms with Gasteiger partial charge in [0, 0.05) is 44.2 Å². The predicted molar refractivity (Wildman–Crippen MR) is 91.5 cm³/mol. The summed E-state index contributed by atoms with van der Waals surface area (Å²) in [7, 11) is 2.16. The van der Waals surface area contributed by atoms with Gasteiger partial charge >= 0.3 is 0 Å². The largest absolute Gasteiger partial charge is 0.352 e. The van der Waals surface area contributed by atoms with Crippen molar-refractivity contribution >= 4 is 5.91 Å². The quantitative estimate of drug-likeness (QED) is 0.868. The highest BCUT2D eigenvalue weighted by Gasteiger charge is 2.42. The number of carbonyl (C=O) groups excluding carboxylic acids is 1. The Labute approximate surface area is 143 Å². The zero-order chi connectivity index (χ0) is 16.3. The van der Waals surface area contributed by atoms with Crippen molar-refractivity contribution < 1.29 is 4.79 Å². The number of imidazole rings is 1. The van der Waals surface area contributed by atoms with Crippen LogP contribution >= 0.6 is 0 Å². The summed E-state index contributed by atoms with van der Waals surface area (Å²) in [6, 6.07) is 0.467. The van der Waals surface area contributed by atoms with Crippen molar-refractivity contribution in [3.63, 3.8) is 0 Å². The number of fused-ring (bicyclic) bond motifs is 1. The van der Waals surface area contributed by atoms with Crippen molar-refractivity contribution in [1.82, 2.24) is 19.8 Å². The molecule has 4 aliphatic rings. The van der Waals surface area contributed by atoms with E-state index in [0.717, 1.165) is 31.3 Å². The van der Waals surface area contributed by atoms with Gasteiger partial charge in [0.2, 0.25) is 5.91 Å². The van der Waals surface area contributed by atoms with Crippen LogP contribution in [0, 0.1) is 11.8 Å². The minimum atomic E-state index is 0.223. The molecule has 1 amide bonds. The first-order valence-corrected chi connectivity index (χ1v) is 9.75. The smallest absolute Gasteiger partial charge is 0.234 e. The molecule has 0 spiro atoms. The Morgan fingerprint density at radius 1 is 1.21 bits per heavy atom. The predicted octanol–water partition coefficient (Wildman–Crippen LogP) is 1.96. The molecule has 0 aromatic carbocycles. The first kappa shape index (κ1) is 14.9. The third-order valence-corrected chi connectivity index (χ3v) is 6.27. The highest BCUT2D eigenvalue weighted by atomic mass is 16.2. The molecule has 3 fully saturated rings. The molecule has 2 heterocycles. The van der Waals surface area contributed by atoms with Crippen molar-refractivity contribution in [2.75, 3.05) is 13.1 Å². The fourth-order valence-electron chi connectivity index (χ4n) is 4.41. The molecule has 0 saturated heterocycles. The van der Waals surface area contributed by atoms with Crippen LogP contribution in [0.5, 0.6) is 0 Å². The van der Waals surface area contributed by atoms with Gasteiger partial charge in [-0.1, -0.05) is 0 Å². The molecule has 1 N–H and O–H groups in total. The van der Waals surface area contributed by atoms with Crippen LogP contribution in [0.2, 0.25) is 0 Å². The maximum absolute atomic E-state index is 12.5. The molecule has 0 unspecified atom stereocenters. The number of hydrogen-bond donors (Lipinski definition) is 1. The minimum absolute atomic E-state index is 0.223. The number of amides is 1. The molecule has 3 aliphatic carbocycles. The first-order chi connectivity index (χ1) is 11.7. The van der Waals surface area contributed by atoms with Gasteiger partial charge in [0.25, 0.3) is 0 Å². The highest BCUT2D eigenvalue weighted by Crippen LogP contribution is 2.44. The molecule has 0 radical (unpaired) electrons. The van der Waals surface area contributed by atoms with E-state index in [1.54, 1.807) is 0 Å². The van der Waals surface area contributed by atoms with Crippen LogP contribution in [-0.4, -0.2) is 39.5 Å². The van der Waals surface area contributed by atoms with Crippen LogP contribution < -0.4 is 5.32 Å². The number of aromatic nitrogens is 2. The van der Waals surface area contributed by atoms with Crippen molar-refractivity contribution in [2.45, 2.75) is 63.5 Å². The highest BCUT2D eigenvalue weighted by molar-refractivity contribution is 5.78. The summed E-state index contributed by atoms with van der Waals surface area (Å²) in [5.74, 6) is 3.72. The van der Waals surface area contributed by atoms with Gasteiger partial charge in [-0.3, -0.25) is 9.69 Å². The summed E-state index contributed by atoms with van der Waals surface area (Å²) in [6.45, 7) is 2.34. The fraction of sp³-hybridized carbons (Fsp3) is 0.789. The average Bonchev–Trinajstić information content (AvgIpc) is 3.45. The Morgan fingerprint density at radius 3 is 2.54 bits per heavy atom. The van der Waals surface area contributed by atoms with E-state index in [4.69, 9.17) is 4.98 Å². The molecular weight excluding hydrogens is 300 g/mol. The van der Waals surface area contributed by atoms with Crippen molar-refractivity contribution in [3.8, 4) is 0 Å². The topological polar surface area (TPSA) is 50.2 Å². The van der Waals surface area contributed by atoms with Gasteiger partial charge < -0.3 is 9.88 Å². The van der Waals surface area contributed by atoms with Gasteiger partial charge in [-0.25, -0.2) is 4.98 Å². The van der Waals surface area contributed by atoms with Crippen molar-refractivity contribution in [2.24, 2.45) is 18.9 Å². The molecule has 1 aliphatic heterocycles. The van der Waals surface area contributed by atoms with Gasteiger partial charge in [-0.15, -0.1) is 0 Å². The summed E-state index contributed by atoms with van der Waals surface area (Å²) in [5, 5.41) is 3.35. The van der Waals surface area contributed by atoms with Gasteiger partial charge in [-0.2, -0.15) is 0 Å². The molecular formula is C19H28N4O. The molecule has 5 rings (SSSR count). The molecule has 1 aromatic heterocycles. The van der Waals surface area contributed by atoms with E-state index in [1.165, 1.54) is 55.7 Å². The van der Waals surface area contributed by atoms with Crippen LogP contribution in [-0.2, 0) is 24.8 Å². The van der Waals surface area contributed by atoms with Gasteiger partial charge in [0.15, 0.2) is 0 Å². The van der Waals surface area contributed by atoms with Gasteiger partial charge in [-0.05, 0) is 50.4 Å². The SMILES string of the molecule is Cn1c(C2CC2)nc2c1CCN(CC(=O)NC(C1CC1)C1CC1)C2. The summed E-state index contributed by atoms with van der Waals surface area (Å²) in [4.78, 5) is 19.7. The molecule has 1 aromatic rings. The summed E-state index contributed by atoms with van der Waals surface area (Å²) >= 11 is 0. The second-order valence-electron chi connectivity index (χ2n) is 8.43. The number of hydrogen-bond acceptors (Lipinski definition) is 3. The monoisotopic (exact) mass is 328 g/mol. The third kappa shape index (κ3) is 2.87. The second-order valence-corrected chi connectivity index (χ2v) is 8.43. The number of nitrogens with zero attached hydrogens (tertiary/aromatic N) is 3. The Bertz CT molecular complexity index is 643. The molecule has 5 nitrogen and oxygen atoms in total. The van der Waals surface area contributed by atoms with Crippen LogP contribution in [0.25, 0.3) is 0 Å². The van der Waals surface area contributed by atoms with E-state index in [0.29, 0.717) is 18.5 Å². The zero-order valence-corrected chi connectivity index (χ0v) is 14.6. The molecule has 5 heteroatoms. The lowest BCUT2D eigenvalue weighted by Gasteiger charge is -2.27. The second kappa shape index (κ2) is 5.58. The molecule has 0 atom stereocenters. The van der Waals surface area contributed by atoms with Crippen LogP contribution in [0.1, 0.15) is 61.7 Å². The Kier molecular flexibility index (Phi) is 3.47. The standard InChI is InChI=1S/C19H28N4O/c1-22-16-8-9-23(10-15(16)20-19(22)14-6-7-14)11-17(24)21-18(12-2-3-12)13-4-5-13/h12-14,18H,2-11H2,1H3,(H,21,24). The lowest BCUT2D eigenvalue weighted by atomic mass is 10.1. The van der Waals surface area contributed by atoms with Crippen molar-refractivity contribution in [1.29, 1.82) is 0 Å². The summed E-state index contributed by atoms with van der Waals surface area (Å²) in [5.41, 5.74) is 2.60. The van der Waals surface area contributed by atoms with Crippen LogP contribution in [0.4, 0.5) is 0 Å². The van der Waals surface area contributed by atoms with E-state index >= 15 is 0 Å². The molecule has 0 bridgehead atoms. The van der Waals surface area contributed by atoms with Gasteiger partial charge in [0.1, 0.15) is 5.82 Å². The number of nitrogens with one attached hydrogen (secondary N) is 1. The molecule has 24 heavy (non-hydrogen) atoms. The van der Waals surface area contributed by atoms with E-state index < -0.39 is 0 Å².